The van der Waals surface area contributed by atoms with Gasteiger partial charge in [-0.25, -0.2) is 0 Å². The Morgan fingerprint density at radius 2 is 2.18 bits per heavy atom. The van der Waals surface area contributed by atoms with E-state index in [0.717, 1.165) is 25.5 Å². The molecule has 0 unspecified atom stereocenters. The van der Waals surface area contributed by atoms with Gasteiger partial charge in [0.1, 0.15) is 5.84 Å². The zero-order valence-corrected chi connectivity index (χ0v) is 10.7. The predicted molar refractivity (Wildman–Crippen MR) is 72.6 cm³/mol. The third kappa shape index (κ3) is 2.86. The first-order chi connectivity index (χ1) is 8.35. The van der Waals surface area contributed by atoms with Crippen molar-refractivity contribution in [3.63, 3.8) is 0 Å². The topological polar surface area (TPSA) is 27.6 Å². The molecule has 0 aliphatic carbocycles. The number of hydrogen-bond acceptors (Lipinski definition) is 2. The molecule has 1 aliphatic rings. The standard InChI is InChI=1S/C14H21N3/c1-3-13-11-17(10-9-16-13)14(15-2)12-7-5-4-6-8-12/h4-8,13,16H,3,9-11H2,1-2H3/t13-/m1/s1. The summed E-state index contributed by atoms with van der Waals surface area (Å²) in [6, 6.07) is 11.0. The molecule has 1 N–H and O–H groups in total. The molecule has 1 aromatic carbocycles. The molecular formula is C14H21N3. The maximum absolute atomic E-state index is 4.47. The third-order valence-electron chi connectivity index (χ3n) is 3.29. The first kappa shape index (κ1) is 12.1. The van der Waals surface area contributed by atoms with Crippen molar-refractivity contribution >= 4 is 5.84 Å². The Bertz CT molecular complexity index is 372. The highest BCUT2D eigenvalue weighted by molar-refractivity contribution is 5.98. The Hall–Kier alpha value is -1.35. The number of benzene rings is 1. The summed E-state index contributed by atoms with van der Waals surface area (Å²) in [5.74, 6) is 1.12. The number of aliphatic imine (C=N–C) groups is 1. The van der Waals surface area contributed by atoms with Crippen molar-refractivity contribution in [2.45, 2.75) is 19.4 Å². The first-order valence-corrected chi connectivity index (χ1v) is 6.35. The van der Waals surface area contributed by atoms with Gasteiger partial charge in [0.25, 0.3) is 0 Å². The van der Waals surface area contributed by atoms with Gasteiger partial charge in [-0.2, -0.15) is 0 Å². The van der Waals surface area contributed by atoms with Crippen LogP contribution in [0.1, 0.15) is 18.9 Å². The number of piperazine rings is 1. The molecule has 0 bridgehead atoms. The molecule has 1 atom stereocenters. The molecule has 3 nitrogen and oxygen atoms in total. The maximum Gasteiger partial charge on any atom is 0.130 e. The Morgan fingerprint density at radius 3 is 2.82 bits per heavy atom. The molecule has 17 heavy (non-hydrogen) atoms. The lowest BCUT2D eigenvalue weighted by Crippen LogP contribution is -2.52. The number of nitrogens with one attached hydrogen (secondary N) is 1. The van der Waals surface area contributed by atoms with Crippen LogP contribution in [0.4, 0.5) is 0 Å². The van der Waals surface area contributed by atoms with E-state index in [-0.39, 0.29) is 0 Å². The third-order valence-corrected chi connectivity index (χ3v) is 3.29. The fourth-order valence-electron chi connectivity index (χ4n) is 2.33. The van der Waals surface area contributed by atoms with Crippen molar-refractivity contribution in [3.8, 4) is 0 Å². The summed E-state index contributed by atoms with van der Waals surface area (Å²) in [6.07, 6.45) is 1.17. The van der Waals surface area contributed by atoms with Crippen molar-refractivity contribution in [1.82, 2.24) is 10.2 Å². The Morgan fingerprint density at radius 1 is 1.41 bits per heavy atom. The number of nitrogens with zero attached hydrogens (tertiary/aromatic N) is 2. The summed E-state index contributed by atoms with van der Waals surface area (Å²) >= 11 is 0. The van der Waals surface area contributed by atoms with Crippen LogP contribution in [-0.2, 0) is 0 Å². The van der Waals surface area contributed by atoms with Crippen LogP contribution in [0.25, 0.3) is 0 Å². The van der Waals surface area contributed by atoms with Gasteiger partial charge in [-0.05, 0) is 6.42 Å². The molecule has 1 aliphatic heterocycles. The van der Waals surface area contributed by atoms with E-state index in [1.165, 1.54) is 12.0 Å². The molecule has 1 saturated heterocycles. The summed E-state index contributed by atoms with van der Waals surface area (Å²) in [5.41, 5.74) is 1.21. The van der Waals surface area contributed by atoms with E-state index in [9.17, 15) is 0 Å². The van der Waals surface area contributed by atoms with Crippen LogP contribution in [0.5, 0.6) is 0 Å². The molecule has 1 fully saturated rings. The SMILES string of the molecule is CC[C@@H]1CN(C(=NC)c2ccccc2)CCN1. The van der Waals surface area contributed by atoms with Crippen molar-refractivity contribution in [2.75, 3.05) is 26.7 Å². The van der Waals surface area contributed by atoms with Gasteiger partial charge in [0.05, 0.1) is 0 Å². The fourth-order valence-corrected chi connectivity index (χ4v) is 2.33. The van der Waals surface area contributed by atoms with Gasteiger partial charge in [0, 0.05) is 38.3 Å². The highest BCUT2D eigenvalue weighted by Gasteiger charge is 2.20. The maximum atomic E-state index is 4.47. The molecule has 0 radical (unpaired) electrons. The van der Waals surface area contributed by atoms with Gasteiger partial charge in [0.2, 0.25) is 0 Å². The van der Waals surface area contributed by atoms with Crippen molar-refractivity contribution in [2.24, 2.45) is 4.99 Å². The van der Waals surface area contributed by atoms with Gasteiger partial charge >= 0.3 is 0 Å². The second-order valence-electron chi connectivity index (χ2n) is 4.42. The zero-order valence-electron chi connectivity index (χ0n) is 10.7. The molecular weight excluding hydrogens is 210 g/mol. The average Bonchev–Trinajstić information content (AvgIpc) is 2.41. The van der Waals surface area contributed by atoms with Crippen LogP contribution in [0.15, 0.2) is 35.3 Å². The molecule has 1 aromatic rings. The van der Waals surface area contributed by atoms with E-state index < -0.39 is 0 Å². The minimum absolute atomic E-state index is 0.587. The summed E-state index contributed by atoms with van der Waals surface area (Å²) in [5, 5.41) is 3.53. The molecule has 0 aromatic heterocycles. The molecule has 92 valence electrons. The Kier molecular flexibility index (Phi) is 4.15. The van der Waals surface area contributed by atoms with E-state index in [1.807, 2.05) is 13.1 Å². The average molecular weight is 231 g/mol. The molecule has 0 saturated carbocycles. The summed E-state index contributed by atoms with van der Waals surface area (Å²) in [6.45, 7) is 5.37. The largest absolute Gasteiger partial charge is 0.354 e. The summed E-state index contributed by atoms with van der Waals surface area (Å²) in [4.78, 5) is 6.85. The lowest BCUT2D eigenvalue weighted by Gasteiger charge is -2.35. The lowest BCUT2D eigenvalue weighted by molar-refractivity contribution is 0.286. The van der Waals surface area contributed by atoms with Crippen LogP contribution >= 0.6 is 0 Å². The second kappa shape index (κ2) is 5.82. The van der Waals surface area contributed by atoms with Crippen molar-refractivity contribution in [1.29, 1.82) is 0 Å². The number of amidine groups is 1. The summed E-state index contributed by atoms with van der Waals surface area (Å²) in [7, 11) is 1.88. The highest BCUT2D eigenvalue weighted by atomic mass is 15.2. The van der Waals surface area contributed by atoms with Crippen LogP contribution in [0, 0.1) is 0 Å². The smallest absolute Gasteiger partial charge is 0.130 e. The second-order valence-corrected chi connectivity index (χ2v) is 4.42. The normalized spacial score (nSPS) is 21.6. The van der Waals surface area contributed by atoms with Crippen LogP contribution in [0.3, 0.4) is 0 Å². The van der Waals surface area contributed by atoms with Crippen LogP contribution < -0.4 is 5.32 Å². The summed E-state index contributed by atoms with van der Waals surface area (Å²) < 4.78 is 0. The molecule has 2 rings (SSSR count). The van der Waals surface area contributed by atoms with Crippen LogP contribution in [0.2, 0.25) is 0 Å². The number of hydrogen-bond donors (Lipinski definition) is 1. The quantitative estimate of drug-likeness (QED) is 0.620. The Labute approximate surface area is 104 Å². The molecule has 1 heterocycles. The van der Waals surface area contributed by atoms with Gasteiger partial charge in [-0.15, -0.1) is 0 Å². The van der Waals surface area contributed by atoms with Gasteiger partial charge in [-0.1, -0.05) is 37.3 Å². The van der Waals surface area contributed by atoms with Gasteiger partial charge < -0.3 is 10.2 Å². The monoisotopic (exact) mass is 231 g/mol. The van der Waals surface area contributed by atoms with Gasteiger partial charge in [0.15, 0.2) is 0 Å². The zero-order chi connectivity index (χ0) is 12.1. The number of rotatable bonds is 2. The van der Waals surface area contributed by atoms with Crippen LogP contribution in [-0.4, -0.2) is 43.5 Å². The lowest BCUT2D eigenvalue weighted by atomic mass is 10.1. The van der Waals surface area contributed by atoms with E-state index in [4.69, 9.17) is 0 Å². The van der Waals surface area contributed by atoms with E-state index >= 15 is 0 Å². The van der Waals surface area contributed by atoms with Gasteiger partial charge in [-0.3, -0.25) is 4.99 Å². The molecule has 0 spiro atoms. The Balaban J connectivity index is 2.14. The fraction of sp³-hybridized carbons (Fsp3) is 0.500. The minimum atomic E-state index is 0.587. The molecule has 3 heteroatoms. The van der Waals surface area contributed by atoms with E-state index in [0.29, 0.717) is 6.04 Å². The van der Waals surface area contributed by atoms with Crippen molar-refractivity contribution in [3.05, 3.63) is 35.9 Å². The first-order valence-electron chi connectivity index (χ1n) is 6.35. The molecule has 0 amide bonds. The highest BCUT2D eigenvalue weighted by Crippen LogP contribution is 2.10. The predicted octanol–water partition coefficient (Wildman–Crippen LogP) is 1.75. The van der Waals surface area contributed by atoms with E-state index in [2.05, 4.69) is 46.4 Å². The minimum Gasteiger partial charge on any atom is -0.354 e. The van der Waals surface area contributed by atoms with Crippen molar-refractivity contribution < 1.29 is 0 Å². The van der Waals surface area contributed by atoms with E-state index in [1.54, 1.807) is 0 Å².